The second-order valence-corrected chi connectivity index (χ2v) is 8.35. The minimum Gasteiger partial charge on any atom is -0.493 e. The molecule has 0 spiro atoms. The van der Waals surface area contributed by atoms with Crippen LogP contribution in [0.2, 0.25) is 0 Å². The summed E-state index contributed by atoms with van der Waals surface area (Å²) in [5.41, 5.74) is 0.787. The van der Waals surface area contributed by atoms with E-state index in [1.54, 1.807) is 7.11 Å². The molecule has 0 saturated carbocycles. The Hall–Kier alpha value is -1.75. The summed E-state index contributed by atoms with van der Waals surface area (Å²) in [5.74, 6) is 1.43. The van der Waals surface area contributed by atoms with Crippen LogP contribution in [0.4, 0.5) is 0 Å². The van der Waals surface area contributed by atoms with Crippen LogP contribution in [0.1, 0.15) is 45.6 Å². The maximum Gasteiger partial charge on any atom is 0.227 e. The number of hydrogen-bond donors (Lipinski definition) is 1. The predicted molar refractivity (Wildman–Crippen MR) is 103 cm³/mol. The average Bonchev–Trinajstić information content (AvgIpc) is 2.62. The number of amides is 1. The van der Waals surface area contributed by atoms with E-state index < -0.39 is 0 Å². The van der Waals surface area contributed by atoms with Crippen LogP contribution in [-0.2, 0) is 11.2 Å². The van der Waals surface area contributed by atoms with Gasteiger partial charge in [-0.3, -0.25) is 9.69 Å². The van der Waals surface area contributed by atoms with Gasteiger partial charge in [-0.25, -0.2) is 0 Å². The first-order chi connectivity index (χ1) is 12.4. The molecule has 2 unspecified atom stereocenters. The first-order valence-electron chi connectivity index (χ1n) is 9.74. The fraction of sp³-hybridized carbons (Fsp3) is 0.667. The quantitative estimate of drug-likeness (QED) is 0.877. The van der Waals surface area contributed by atoms with Gasteiger partial charge < -0.3 is 14.8 Å². The molecule has 2 heterocycles. The van der Waals surface area contributed by atoms with Crippen molar-refractivity contribution in [2.45, 2.75) is 58.0 Å². The van der Waals surface area contributed by atoms with Gasteiger partial charge in [0.2, 0.25) is 5.91 Å². The summed E-state index contributed by atoms with van der Waals surface area (Å²) in [6.45, 7) is 8.93. The molecule has 144 valence electrons. The Bertz CT molecular complexity index is 644. The Morgan fingerprint density at radius 2 is 2.19 bits per heavy atom. The van der Waals surface area contributed by atoms with Crippen LogP contribution in [0.3, 0.4) is 0 Å². The zero-order chi connectivity index (χ0) is 18.7. The fourth-order valence-corrected chi connectivity index (χ4v) is 4.10. The van der Waals surface area contributed by atoms with Crippen molar-refractivity contribution in [3.63, 3.8) is 0 Å². The van der Waals surface area contributed by atoms with E-state index in [2.05, 4.69) is 31.0 Å². The molecule has 1 aromatic carbocycles. The van der Waals surface area contributed by atoms with Gasteiger partial charge in [0.05, 0.1) is 13.0 Å². The van der Waals surface area contributed by atoms with Crippen molar-refractivity contribution < 1.29 is 14.3 Å². The largest absolute Gasteiger partial charge is 0.493 e. The van der Waals surface area contributed by atoms with Crippen LogP contribution in [0.15, 0.2) is 18.2 Å². The van der Waals surface area contributed by atoms with Crippen LogP contribution in [-0.4, -0.2) is 49.2 Å². The van der Waals surface area contributed by atoms with Crippen molar-refractivity contribution in [2.24, 2.45) is 5.92 Å². The number of piperidine rings is 1. The van der Waals surface area contributed by atoms with Gasteiger partial charge in [0.15, 0.2) is 11.5 Å². The van der Waals surface area contributed by atoms with Crippen LogP contribution in [0.25, 0.3) is 0 Å². The van der Waals surface area contributed by atoms with E-state index in [0.717, 1.165) is 30.2 Å². The van der Waals surface area contributed by atoms with Crippen LogP contribution >= 0.6 is 0 Å². The second-order valence-electron chi connectivity index (χ2n) is 8.35. The van der Waals surface area contributed by atoms with Crippen LogP contribution in [0.5, 0.6) is 11.5 Å². The van der Waals surface area contributed by atoms with Gasteiger partial charge in [0.1, 0.15) is 6.61 Å². The molecule has 1 saturated heterocycles. The van der Waals surface area contributed by atoms with Crippen molar-refractivity contribution in [1.29, 1.82) is 0 Å². The summed E-state index contributed by atoms with van der Waals surface area (Å²) in [6.07, 6.45) is 4.50. The van der Waals surface area contributed by atoms with Crippen LogP contribution < -0.4 is 14.8 Å². The third kappa shape index (κ3) is 4.32. The van der Waals surface area contributed by atoms with Gasteiger partial charge in [-0.05, 0) is 58.2 Å². The summed E-state index contributed by atoms with van der Waals surface area (Å²) in [4.78, 5) is 15.4. The minimum atomic E-state index is -0.253. The number of likely N-dealkylation sites (tertiary alicyclic amines) is 1. The van der Waals surface area contributed by atoms with Crippen LogP contribution in [0, 0.1) is 5.92 Å². The van der Waals surface area contributed by atoms with Gasteiger partial charge >= 0.3 is 0 Å². The predicted octanol–water partition coefficient (Wildman–Crippen LogP) is 3.02. The fourth-order valence-electron chi connectivity index (χ4n) is 4.10. The van der Waals surface area contributed by atoms with Gasteiger partial charge in [-0.15, -0.1) is 0 Å². The summed E-state index contributed by atoms with van der Waals surface area (Å²) >= 11 is 0. The molecule has 1 N–H and O–H groups in total. The van der Waals surface area contributed by atoms with E-state index in [0.29, 0.717) is 19.1 Å². The number of benzene rings is 1. The molecule has 2 aliphatic heterocycles. The third-order valence-electron chi connectivity index (χ3n) is 5.55. The highest BCUT2D eigenvalue weighted by molar-refractivity contribution is 5.80. The monoisotopic (exact) mass is 360 g/mol. The minimum absolute atomic E-state index is 0.0770. The molecule has 5 nitrogen and oxygen atoms in total. The number of methoxy groups -OCH3 is 1. The number of carbonyl (C=O) groups excluding carboxylic acids is 1. The zero-order valence-electron chi connectivity index (χ0n) is 16.5. The number of para-hydroxylation sites is 1. The molecule has 5 heteroatoms. The molecule has 0 radical (unpaired) electrons. The number of nitrogens with zero attached hydrogens (tertiary/aromatic N) is 1. The molecule has 1 aromatic rings. The van der Waals surface area contributed by atoms with Gasteiger partial charge in [-0.2, -0.15) is 0 Å². The molecule has 0 aromatic heterocycles. The lowest BCUT2D eigenvalue weighted by Crippen LogP contribution is -2.56. The van der Waals surface area contributed by atoms with Gasteiger partial charge in [0.25, 0.3) is 0 Å². The molecule has 1 amide bonds. The number of ether oxygens (including phenoxy) is 2. The number of rotatable bonds is 5. The molecule has 1 fully saturated rings. The second kappa shape index (κ2) is 7.87. The maximum atomic E-state index is 12.9. The Balaban J connectivity index is 1.60. The highest BCUT2D eigenvalue weighted by Crippen LogP contribution is 2.36. The van der Waals surface area contributed by atoms with Gasteiger partial charge in [-0.1, -0.05) is 18.6 Å². The van der Waals surface area contributed by atoms with E-state index in [1.165, 1.54) is 19.3 Å². The zero-order valence-corrected chi connectivity index (χ0v) is 16.5. The molecule has 3 rings (SSSR count). The van der Waals surface area contributed by atoms with Crippen molar-refractivity contribution in [3.8, 4) is 11.5 Å². The van der Waals surface area contributed by atoms with Crippen molar-refractivity contribution in [1.82, 2.24) is 10.2 Å². The highest BCUT2D eigenvalue weighted by atomic mass is 16.5. The Morgan fingerprint density at radius 3 is 2.92 bits per heavy atom. The van der Waals surface area contributed by atoms with E-state index in [1.807, 2.05) is 18.2 Å². The van der Waals surface area contributed by atoms with Gasteiger partial charge in [0, 0.05) is 18.1 Å². The van der Waals surface area contributed by atoms with E-state index in [4.69, 9.17) is 9.47 Å². The standard InChI is InChI=1S/C21H32N2O3/c1-15-8-5-6-11-23(15)14-21(2,3)22-20(24)17-12-16-9-7-10-18(25-4)19(16)26-13-17/h7,9-10,15,17H,5-6,8,11-14H2,1-4H3,(H,22,24). The summed E-state index contributed by atoms with van der Waals surface area (Å²) < 4.78 is 11.2. The number of carbonyl (C=O) groups is 1. The lowest BCUT2D eigenvalue weighted by Gasteiger charge is -2.40. The average molecular weight is 360 g/mol. The van der Waals surface area contributed by atoms with E-state index in [-0.39, 0.29) is 17.4 Å². The highest BCUT2D eigenvalue weighted by Gasteiger charge is 2.33. The first-order valence-corrected chi connectivity index (χ1v) is 9.74. The molecule has 0 aliphatic carbocycles. The molecule has 2 atom stereocenters. The van der Waals surface area contributed by atoms with E-state index in [9.17, 15) is 4.79 Å². The topological polar surface area (TPSA) is 50.8 Å². The Kier molecular flexibility index (Phi) is 5.76. The number of hydrogen-bond acceptors (Lipinski definition) is 4. The van der Waals surface area contributed by atoms with Crippen molar-refractivity contribution in [3.05, 3.63) is 23.8 Å². The first kappa shape index (κ1) is 19.0. The third-order valence-corrected chi connectivity index (χ3v) is 5.55. The number of fused-ring (bicyclic) bond motifs is 1. The normalized spacial score (nSPS) is 23.7. The molecule has 0 bridgehead atoms. The summed E-state index contributed by atoms with van der Waals surface area (Å²) in [7, 11) is 1.64. The van der Waals surface area contributed by atoms with Crippen molar-refractivity contribution in [2.75, 3.05) is 26.8 Å². The lowest BCUT2D eigenvalue weighted by molar-refractivity contribution is -0.128. The molecule has 2 aliphatic rings. The lowest BCUT2D eigenvalue weighted by atomic mass is 9.93. The van der Waals surface area contributed by atoms with E-state index >= 15 is 0 Å². The summed E-state index contributed by atoms with van der Waals surface area (Å²) in [5, 5.41) is 3.26. The molecule has 26 heavy (non-hydrogen) atoms. The Labute approximate surface area is 157 Å². The number of nitrogens with one attached hydrogen (secondary N) is 1. The molecular formula is C21H32N2O3. The van der Waals surface area contributed by atoms with Crippen molar-refractivity contribution >= 4 is 5.91 Å². The summed E-state index contributed by atoms with van der Waals surface area (Å²) in [6, 6.07) is 6.44. The molecular weight excluding hydrogens is 328 g/mol. The maximum absolute atomic E-state index is 12.9. The Morgan fingerprint density at radius 1 is 1.38 bits per heavy atom. The SMILES string of the molecule is COc1cccc2c1OCC(C(=O)NC(C)(C)CN1CCCCC1C)C2. The smallest absolute Gasteiger partial charge is 0.227 e.